The van der Waals surface area contributed by atoms with Crippen LogP contribution in [-0.2, 0) is 22.6 Å². The first kappa shape index (κ1) is 24.3. The summed E-state index contributed by atoms with van der Waals surface area (Å²) in [5.41, 5.74) is -0.258. The Morgan fingerprint density at radius 3 is 2.26 bits per heavy atom. The molecule has 2 aromatic rings. The molecule has 2 amide bonds. The molecule has 2 fully saturated rings. The average molecular weight is 487 g/mol. The summed E-state index contributed by atoms with van der Waals surface area (Å²) < 4.78 is 85.6. The quantitative estimate of drug-likeness (QED) is 0.557. The summed E-state index contributed by atoms with van der Waals surface area (Å²) in [6.07, 6.45) is -9.76. The molecule has 184 valence electrons. The summed E-state index contributed by atoms with van der Waals surface area (Å²) in [7, 11) is 0. The number of urea groups is 1. The van der Waals surface area contributed by atoms with Gasteiger partial charge >= 0.3 is 18.4 Å². The third kappa shape index (κ3) is 4.85. The topological polar surface area (TPSA) is 53.6 Å². The third-order valence-electron chi connectivity index (χ3n) is 6.36. The van der Waals surface area contributed by atoms with Gasteiger partial charge in [0.25, 0.3) is 0 Å². The average Bonchev–Trinajstić information content (AvgIpc) is 2.77. The molecular weight excluding hydrogens is 464 g/mol. The van der Waals surface area contributed by atoms with Gasteiger partial charge in [0.1, 0.15) is 0 Å². The molecule has 2 saturated heterocycles. The van der Waals surface area contributed by atoms with E-state index in [1.54, 1.807) is 5.01 Å². The number of alkyl halides is 6. The second kappa shape index (κ2) is 8.77. The molecule has 2 aliphatic heterocycles. The largest absolute Gasteiger partial charge is 0.416 e. The predicted octanol–water partition coefficient (Wildman–Crippen LogP) is 5.39. The van der Waals surface area contributed by atoms with Crippen LogP contribution in [0.3, 0.4) is 0 Å². The van der Waals surface area contributed by atoms with Crippen LogP contribution in [0.25, 0.3) is 0 Å². The van der Waals surface area contributed by atoms with Crippen molar-refractivity contribution in [1.82, 2.24) is 15.8 Å². The lowest BCUT2D eigenvalue weighted by molar-refractivity contribution is -0.143. The lowest BCUT2D eigenvalue weighted by Gasteiger charge is -2.52. The molecule has 2 heterocycles. The van der Waals surface area contributed by atoms with Crippen LogP contribution in [0.5, 0.6) is 0 Å². The van der Waals surface area contributed by atoms with Crippen LogP contribution < -0.4 is 10.7 Å². The molecule has 34 heavy (non-hydrogen) atoms. The highest BCUT2D eigenvalue weighted by Gasteiger charge is 2.47. The van der Waals surface area contributed by atoms with Crippen molar-refractivity contribution in [2.24, 2.45) is 0 Å². The smallest absolute Gasteiger partial charge is 0.371 e. The second-order valence-corrected chi connectivity index (χ2v) is 8.62. The number of nitrogens with zero attached hydrogens (tertiary/aromatic N) is 1. The van der Waals surface area contributed by atoms with Gasteiger partial charge in [-0.05, 0) is 49.1 Å². The zero-order chi connectivity index (χ0) is 24.7. The summed E-state index contributed by atoms with van der Waals surface area (Å²) in [6.45, 7) is 1.83. The monoisotopic (exact) mass is 487 g/mol. The minimum absolute atomic E-state index is 0.0528. The number of ether oxygens (including phenoxy) is 1. The van der Waals surface area contributed by atoms with Crippen molar-refractivity contribution in [2.75, 3.05) is 13.2 Å². The van der Waals surface area contributed by atoms with E-state index in [4.69, 9.17) is 4.74 Å². The Balaban J connectivity index is 1.64. The van der Waals surface area contributed by atoms with E-state index in [0.717, 1.165) is 5.56 Å². The molecule has 0 saturated carbocycles. The van der Waals surface area contributed by atoms with Crippen molar-refractivity contribution in [2.45, 2.75) is 49.8 Å². The van der Waals surface area contributed by atoms with Gasteiger partial charge in [0.15, 0.2) is 0 Å². The molecular formula is C23H23F6N3O2. The summed E-state index contributed by atoms with van der Waals surface area (Å²) >= 11 is 0. The molecule has 0 radical (unpaired) electrons. The standard InChI is InChI=1S/C23H23F6N3O2/c1-14(15-9-17(22(24,25)26)11-18(10-15)23(27,28)29)34-13-21(16-5-3-2-4-6-16)8-7-19-12-32(21)31-20(33)30-19/h2-6,9-11,14,19H,7-8,12-13H2,1H3,(H2,30,31,33)/t14-,19+,21-/m1/s1. The van der Waals surface area contributed by atoms with Crippen molar-refractivity contribution < 1.29 is 35.9 Å². The van der Waals surface area contributed by atoms with E-state index in [1.165, 1.54) is 6.92 Å². The Labute approximate surface area is 192 Å². The number of amides is 2. The number of piperidine rings is 1. The molecule has 11 heteroatoms. The minimum Gasteiger partial charge on any atom is -0.371 e. The van der Waals surface area contributed by atoms with Crippen LogP contribution in [0.1, 0.15) is 48.1 Å². The van der Waals surface area contributed by atoms with Crippen molar-refractivity contribution >= 4 is 6.03 Å². The minimum atomic E-state index is -4.94. The lowest BCUT2D eigenvalue weighted by Crippen LogP contribution is -2.70. The van der Waals surface area contributed by atoms with Gasteiger partial charge in [0.05, 0.1) is 29.4 Å². The van der Waals surface area contributed by atoms with Crippen LogP contribution in [0, 0.1) is 0 Å². The lowest BCUT2D eigenvalue weighted by atomic mass is 9.80. The number of halogens is 6. The molecule has 2 aliphatic rings. The van der Waals surface area contributed by atoms with Gasteiger partial charge in [0.2, 0.25) is 0 Å². The molecule has 2 aromatic carbocycles. The van der Waals surface area contributed by atoms with E-state index in [0.29, 0.717) is 31.5 Å². The van der Waals surface area contributed by atoms with Gasteiger partial charge in [-0.15, -0.1) is 0 Å². The number of hydrogen-bond donors (Lipinski definition) is 2. The summed E-state index contributed by atoms with van der Waals surface area (Å²) in [4.78, 5) is 12.1. The Bertz CT molecular complexity index is 1010. The van der Waals surface area contributed by atoms with Gasteiger partial charge in [-0.2, -0.15) is 26.3 Å². The Kier molecular flexibility index (Phi) is 6.28. The first-order chi connectivity index (χ1) is 15.9. The van der Waals surface area contributed by atoms with Crippen LogP contribution in [0.15, 0.2) is 48.5 Å². The van der Waals surface area contributed by atoms with Gasteiger partial charge in [-0.1, -0.05) is 30.3 Å². The number of rotatable bonds is 5. The van der Waals surface area contributed by atoms with Gasteiger partial charge in [-0.3, -0.25) is 5.43 Å². The number of fused-ring (bicyclic) bond motifs is 2. The number of hydrogen-bond acceptors (Lipinski definition) is 3. The molecule has 2 bridgehead atoms. The van der Waals surface area contributed by atoms with E-state index in [-0.39, 0.29) is 30.3 Å². The summed E-state index contributed by atoms with van der Waals surface area (Å²) in [5, 5.41) is 4.57. The van der Waals surface area contributed by atoms with Crippen LogP contribution in [0.4, 0.5) is 31.1 Å². The normalized spacial score (nSPS) is 25.9. The molecule has 2 N–H and O–H groups in total. The van der Waals surface area contributed by atoms with Gasteiger partial charge < -0.3 is 10.1 Å². The second-order valence-electron chi connectivity index (χ2n) is 8.62. The number of benzene rings is 2. The van der Waals surface area contributed by atoms with E-state index in [1.807, 2.05) is 30.3 Å². The molecule has 4 atom stereocenters. The number of hydrazine groups is 1. The van der Waals surface area contributed by atoms with E-state index < -0.39 is 35.1 Å². The highest BCUT2D eigenvalue weighted by molar-refractivity contribution is 5.74. The number of carbonyl (C=O) groups excluding carboxylic acids is 1. The molecule has 0 aromatic heterocycles. The van der Waals surface area contributed by atoms with Crippen LogP contribution >= 0.6 is 0 Å². The first-order valence-electron chi connectivity index (χ1n) is 10.7. The zero-order valence-electron chi connectivity index (χ0n) is 18.1. The third-order valence-corrected chi connectivity index (χ3v) is 6.36. The fraction of sp³-hybridized carbons (Fsp3) is 0.435. The highest BCUT2D eigenvalue weighted by Crippen LogP contribution is 2.41. The van der Waals surface area contributed by atoms with Gasteiger partial charge in [0, 0.05) is 12.6 Å². The Hall–Kier alpha value is -2.79. The van der Waals surface area contributed by atoms with Crippen molar-refractivity contribution in [3.63, 3.8) is 0 Å². The van der Waals surface area contributed by atoms with Crippen LogP contribution in [0.2, 0.25) is 0 Å². The molecule has 0 aliphatic carbocycles. The van der Waals surface area contributed by atoms with Crippen molar-refractivity contribution in [3.05, 3.63) is 70.8 Å². The maximum atomic E-state index is 13.3. The van der Waals surface area contributed by atoms with E-state index >= 15 is 0 Å². The summed E-state index contributed by atoms with van der Waals surface area (Å²) in [6, 6.07) is 10.2. The summed E-state index contributed by atoms with van der Waals surface area (Å²) in [5.74, 6) is 0. The van der Waals surface area contributed by atoms with Crippen LogP contribution in [-0.4, -0.2) is 30.2 Å². The highest BCUT2D eigenvalue weighted by atomic mass is 19.4. The first-order valence-corrected chi connectivity index (χ1v) is 10.7. The molecule has 0 spiro atoms. The Morgan fingerprint density at radius 1 is 1.06 bits per heavy atom. The zero-order valence-corrected chi connectivity index (χ0v) is 18.1. The van der Waals surface area contributed by atoms with E-state index in [9.17, 15) is 31.1 Å². The fourth-order valence-corrected chi connectivity index (χ4v) is 4.50. The Morgan fingerprint density at radius 2 is 1.68 bits per heavy atom. The fourth-order valence-electron chi connectivity index (χ4n) is 4.50. The maximum absolute atomic E-state index is 13.3. The molecule has 1 unspecified atom stereocenters. The van der Waals surface area contributed by atoms with Gasteiger partial charge in [-0.25, -0.2) is 9.80 Å². The number of nitrogens with one attached hydrogen (secondary N) is 2. The molecule has 4 rings (SSSR count). The maximum Gasteiger partial charge on any atom is 0.416 e. The number of carbonyl (C=O) groups is 1. The van der Waals surface area contributed by atoms with E-state index in [2.05, 4.69) is 10.7 Å². The SMILES string of the molecule is C[C@@H](OC[C@@]1(c2ccccc2)CC[C@H]2CN1NC(=O)N2)c1cc(C(F)(F)F)cc(C(F)(F)F)c1. The van der Waals surface area contributed by atoms with Crippen molar-refractivity contribution in [1.29, 1.82) is 0 Å². The predicted molar refractivity (Wildman–Crippen MR) is 110 cm³/mol. The molecule has 5 nitrogen and oxygen atoms in total. The van der Waals surface area contributed by atoms with Crippen molar-refractivity contribution in [3.8, 4) is 0 Å².